The maximum atomic E-state index is 11.8. The summed E-state index contributed by atoms with van der Waals surface area (Å²) in [7, 11) is 0. The normalized spacial score (nSPS) is 10.6. The molecule has 6 nitrogen and oxygen atoms in total. The highest BCUT2D eigenvalue weighted by Gasteiger charge is 2.11. The number of benzene rings is 2. The average molecular weight is 368 g/mol. The van der Waals surface area contributed by atoms with Crippen molar-refractivity contribution in [3.63, 3.8) is 0 Å². The quantitative estimate of drug-likeness (QED) is 0.405. The molecule has 0 bridgehead atoms. The van der Waals surface area contributed by atoms with Gasteiger partial charge in [0.1, 0.15) is 0 Å². The van der Waals surface area contributed by atoms with Gasteiger partial charge in [-0.3, -0.25) is 5.10 Å². The van der Waals surface area contributed by atoms with Crippen molar-refractivity contribution >= 4 is 22.7 Å². The van der Waals surface area contributed by atoms with E-state index in [2.05, 4.69) is 20.0 Å². The van der Waals surface area contributed by atoms with E-state index in [1.807, 2.05) is 36.4 Å². The number of fused-ring (bicyclic) bond motifs is 1. The molecule has 0 radical (unpaired) electrons. The number of esters is 1. The van der Waals surface area contributed by atoms with Gasteiger partial charge in [-0.1, -0.05) is 36.4 Å². The largest absolute Gasteiger partial charge is 0.462 e. The lowest BCUT2D eigenvalue weighted by Crippen LogP contribution is -2.04. The lowest BCUT2D eigenvalue weighted by atomic mass is 10.1. The topological polar surface area (TPSA) is 72.2 Å². The van der Waals surface area contributed by atoms with E-state index in [1.165, 1.54) is 0 Å². The van der Waals surface area contributed by atoms with Gasteiger partial charge in [0, 0.05) is 10.9 Å². The molecule has 0 aliphatic heterocycles. The van der Waals surface area contributed by atoms with Crippen LogP contribution in [-0.2, 0) is 4.74 Å². The number of hydrogen-bond acceptors (Lipinski definition) is 4. The maximum absolute atomic E-state index is 11.8. The molecule has 0 spiro atoms. The highest BCUT2D eigenvalue weighted by molar-refractivity contribution is 5.93. The fourth-order valence-corrected chi connectivity index (χ4v) is 2.97. The number of H-pyrrole nitrogens is 1. The lowest BCUT2D eigenvalue weighted by molar-refractivity contribution is 0.0526. The summed E-state index contributed by atoms with van der Waals surface area (Å²) in [5, 5.41) is 8.26. The Morgan fingerprint density at radius 2 is 1.75 bits per heavy atom. The molecule has 1 N–H and O–H groups in total. The number of nitrogens with zero attached hydrogens (tertiary/aromatic N) is 3. The molecule has 0 unspecified atom stereocenters. The summed E-state index contributed by atoms with van der Waals surface area (Å²) in [6.07, 6.45) is 0. The summed E-state index contributed by atoms with van der Waals surface area (Å²) in [4.78, 5) is 19.8. The molecule has 2 aromatic heterocycles. The molecule has 4 aromatic rings. The Bertz CT molecular complexity index is 1190. The molecule has 0 atom stereocenters. The third-order valence-corrected chi connectivity index (χ3v) is 4.39. The van der Waals surface area contributed by atoms with Gasteiger partial charge in [-0.2, -0.15) is 5.10 Å². The van der Waals surface area contributed by atoms with Crippen molar-refractivity contribution in [2.45, 2.75) is 6.92 Å². The molecule has 0 aliphatic carbocycles. The third kappa shape index (κ3) is 3.21. The maximum Gasteiger partial charge on any atom is 0.338 e. The van der Waals surface area contributed by atoms with Crippen LogP contribution in [0.25, 0.3) is 38.4 Å². The molecular weight excluding hydrogens is 352 g/mol. The first-order chi connectivity index (χ1) is 13.7. The summed E-state index contributed by atoms with van der Waals surface area (Å²) in [6.45, 7) is 9.18. The van der Waals surface area contributed by atoms with Crippen molar-refractivity contribution in [3.8, 4) is 22.5 Å². The van der Waals surface area contributed by atoms with Gasteiger partial charge >= 0.3 is 5.97 Å². The number of carbonyl (C=O) groups excluding carboxylic acids is 1. The summed E-state index contributed by atoms with van der Waals surface area (Å²) >= 11 is 0. The Morgan fingerprint density at radius 1 is 1.04 bits per heavy atom. The molecule has 6 heteroatoms. The minimum Gasteiger partial charge on any atom is -0.462 e. The van der Waals surface area contributed by atoms with Gasteiger partial charge in [0.05, 0.1) is 30.1 Å². The highest BCUT2D eigenvalue weighted by Crippen LogP contribution is 2.29. The number of aromatic amines is 1. The Morgan fingerprint density at radius 3 is 2.43 bits per heavy atom. The molecule has 28 heavy (non-hydrogen) atoms. The Hall–Kier alpha value is -3.98. The van der Waals surface area contributed by atoms with E-state index in [1.54, 1.807) is 31.2 Å². The average Bonchev–Trinajstić information content (AvgIpc) is 3.17. The first-order valence-corrected chi connectivity index (χ1v) is 8.80. The van der Waals surface area contributed by atoms with Gasteiger partial charge in [0.2, 0.25) is 0 Å². The van der Waals surface area contributed by atoms with E-state index in [0.717, 1.165) is 27.9 Å². The molecule has 0 amide bonds. The zero-order valence-electron chi connectivity index (χ0n) is 15.1. The van der Waals surface area contributed by atoms with Crippen molar-refractivity contribution in [2.24, 2.45) is 0 Å². The van der Waals surface area contributed by atoms with Crippen molar-refractivity contribution in [2.75, 3.05) is 6.61 Å². The second-order valence-electron chi connectivity index (χ2n) is 6.12. The smallest absolute Gasteiger partial charge is 0.338 e. The monoisotopic (exact) mass is 368 g/mol. The predicted molar refractivity (Wildman–Crippen MR) is 107 cm³/mol. The van der Waals surface area contributed by atoms with Crippen LogP contribution in [0.1, 0.15) is 17.3 Å². The van der Waals surface area contributed by atoms with E-state index in [0.29, 0.717) is 23.5 Å². The summed E-state index contributed by atoms with van der Waals surface area (Å²) in [6, 6.07) is 18.4. The molecule has 0 saturated carbocycles. The summed E-state index contributed by atoms with van der Waals surface area (Å²) in [5.41, 5.74) is 5.18. The van der Waals surface area contributed by atoms with Gasteiger partial charge in [-0.05, 0) is 36.8 Å². The van der Waals surface area contributed by atoms with Crippen molar-refractivity contribution in [1.29, 1.82) is 0 Å². The van der Waals surface area contributed by atoms with Gasteiger partial charge in [0.15, 0.2) is 11.3 Å². The van der Waals surface area contributed by atoms with Crippen molar-refractivity contribution < 1.29 is 9.53 Å². The van der Waals surface area contributed by atoms with E-state index in [9.17, 15) is 4.79 Å². The lowest BCUT2D eigenvalue weighted by Gasteiger charge is -2.04. The Kier molecular flexibility index (Phi) is 4.56. The summed E-state index contributed by atoms with van der Waals surface area (Å²) in [5.74, 6) is -0.335. The van der Waals surface area contributed by atoms with E-state index in [4.69, 9.17) is 11.3 Å². The van der Waals surface area contributed by atoms with Crippen LogP contribution in [0.15, 0.2) is 60.7 Å². The second kappa shape index (κ2) is 7.33. The van der Waals surface area contributed by atoms with Gasteiger partial charge < -0.3 is 4.74 Å². The highest BCUT2D eigenvalue weighted by atomic mass is 16.5. The molecule has 2 aromatic carbocycles. The fourth-order valence-electron chi connectivity index (χ4n) is 2.97. The minimum absolute atomic E-state index is 0.335. The van der Waals surface area contributed by atoms with Crippen LogP contribution < -0.4 is 0 Å². The molecule has 0 saturated heterocycles. The van der Waals surface area contributed by atoms with E-state index in [-0.39, 0.29) is 5.97 Å². The molecule has 4 rings (SSSR count). The first kappa shape index (κ1) is 17.4. The zero-order valence-corrected chi connectivity index (χ0v) is 15.1. The number of hydrogen-bond donors (Lipinski definition) is 1. The number of carbonyl (C=O) groups is 1. The van der Waals surface area contributed by atoms with Gasteiger partial charge in [0.25, 0.3) is 0 Å². The van der Waals surface area contributed by atoms with Crippen LogP contribution in [0.4, 0.5) is 5.69 Å². The molecule has 2 heterocycles. The van der Waals surface area contributed by atoms with Crippen molar-refractivity contribution in [3.05, 3.63) is 77.6 Å². The van der Waals surface area contributed by atoms with E-state index < -0.39 is 0 Å². The molecule has 136 valence electrons. The number of rotatable bonds is 4. The number of aromatic nitrogens is 3. The van der Waals surface area contributed by atoms with Crippen LogP contribution in [-0.4, -0.2) is 27.8 Å². The predicted octanol–water partition coefficient (Wildman–Crippen LogP) is 5.02. The van der Waals surface area contributed by atoms with Crippen LogP contribution >= 0.6 is 0 Å². The first-order valence-electron chi connectivity index (χ1n) is 8.80. The Balaban J connectivity index is 1.65. The second-order valence-corrected chi connectivity index (χ2v) is 6.12. The number of ether oxygens (including phenoxy) is 1. The standard InChI is InChI=1S/C22H16N4O2/c1-3-28-22(27)16-6-4-14(5-7-16)19-13-12-18-20(25-26-21(18)24-19)15-8-10-17(23-2)11-9-15/h4-13H,3H2,1H3,(H,24,25,26). The van der Waals surface area contributed by atoms with E-state index >= 15 is 0 Å². The van der Waals surface area contributed by atoms with Crippen molar-refractivity contribution in [1.82, 2.24) is 15.2 Å². The Labute approximate surface area is 161 Å². The van der Waals surface area contributed by atoms with Crippen LogP contribution in [0, 0.1) is 6.57 Å². The fraction of sp³-hybridized carbons (Fsp3) is 0.0909. The number of nitrogens with one attached hydrogen (secondary N) is 1. The van der Waals surface area contributed by atoms with Crippen LogP contribution in [0.2, 0.25) is 0 Å². The molecular formula is C22H16N4O2. The molecule has 0 fully saturated rings. The zero-order chi connectivity index (χ0) is 19.5. The third-order valence-electron chi connectivity index (χ3n) is 4.39. The minimum atomic E-state index is -0.335. The number of pyridine rings is 1. The SMILES string of the molecule is [C-]#[N+]c1ccc(-c2[nH]nc3nc(-c4ccc(C(=O)OCC)cc4)ccc23)cc1. The van der Waals surface area contributed by atoms with Gasteiger partial charge in [-0.15, -0.1) is 0 Å². The van der Waals surface area contributed by atoms with Crippen LogP contribution in [0.3, 0.4) is 0 Å². The van der Waals surface area contributed by atoms with Crippen LogP contribution in [0.5, 0.6) is 0 Å². The molecule has 0 aliphatic rings. The van der Waals surface area contributed by atoms with Gasteiger partial charge in [-0.25, -0.2) is 14.6 Å². The summed E-state index contributed by atoms with van der Waals surface area (Å²) < 4.78 is 5.01.